The van der Waals surface area contributed by atoms with E-state index < -0.39 is 5.91 Å². The van der Waals surface area contributed by atoms with Crippen molar-refractivity contribution in [2.24, 2.45) is 23.2 Å². The maximum absolute atomic E-state index is 11.1. The number of carbonyl (C=O) groups is 1. The monoisotopic (exact) mass is 468 g/mol. The van der Waals surface area contributed by atoms with Crippen LogP contribution in [-0.2, 0) is 4.79 Å². The zero-order valence-corrected chi connectivity index (χ0v) is 19.5. The van der Waals surface area contributed by atoms with Crippen molar-refractivity contribution in [3.8, 4) is 0 Å². The molecule has 6 rings (SSSR count). The number of aromatic nitrogens is 1. The topological polar surface area (TPSA) is 77.5 Å². The molecule has 3 N–H and O–H groups in total. The van der Waals surface area contributed by atoms with Crippen molar-refractivity contribution in [2.45, 2.75) is 51.0 Å². The van der Waals surface area contributed by atoms with Gasteiger partial charge < -0.3 is 10.2 Å². The van der Waals surface area contributed by atoms with Gasteiger partial charge in [-0.1, -0.05) is 0 Å². The summed E-state index contributed by atoms with van der Waals surface area (Å²) in [6.45, 7) is 3.61. The van der Waals surface area contributed by atoms with Crippen LogP contribution in [0.2, 0.25) is 0 Å². The summed E-state index contributed by atoms with van der Waals surface area (Å²) < 4.78 is 0. The molecule has 1 aromatic heterocycles. The predicted molar refractivity (Wildman–Crippen MR) is 127 cm³/mol. The van der Waals surface area contributed by atoms with E-state index >= 15 is 0 Å². The number of nitrogens with zero attached hydrogens (tertiary/aromatic N) is 2. The molecule has 31 heavy (non-hydrogen) atoms. The molecule has 2 heterocycles. The average molecular weight is 469 g/mol. The Morgan fingerprint density at radius 1 is 1.16 bits per heavy atom. The van der Waals surface area contributed by atoms with E-state index in [0.29, 0.717) is 11.5 Å². The normalized spacial score (nSPS) is 33.7. The number of likely N-dealkylation sites (tertiary alicyclic amines) is 1. The second-order valence-corrected chi connectivity index (χ2v) is 10.1. The number of anilines is 1. The highest BCUT2D eigenvalue weighted by molar-refractivity contribution is 5.90. The number of hydroxylamine groups is 1. The highest BCUT2D eigenvalue weighted by Crippen LogP contribution is 2.60. The van der Waals surface area contributed by atoms with Gasteiger partial charge in [0.25, 0.3) is 5.91 Å². The third kappa shape index (κ3) is 5.54. The molecule has 4 aliphatic carbocycles. The van der Waals surface area contributed by atoms with Crippen molar-refractivity contribution in [1.29, 1.82) is 0 Å². The Balaban J connectivity index is 0.00000136. The molecular weight excluding hydrogens is 435 g/mol. The van der Waals surface area contributed by atoms with Gasteiger partial charge in [0.1, 0.15) is 5.82 Å². The summed E-state index contributed by atoms with van der Waals surface area (Å²) >= 11 is 0. The third-order valence-corrected chi connectivity index (χ3v) is 7.67. The van der Waals surface area contributed by atoms with Crippen LogP contribution in [0.25, 0.3) is 6.08 Å². The van der Waals surface area contributed by atoms with E-state index in [1.165, 1.54) is 64.1 Å². The van der Waals surface area contributed by atoms with Crippen LogP contribution < -0.4 is 10.8 Å². The summed E-state index contributed by atoms with van der Waals surface area (Å²) in [5.74, 6) is 3.42. The third-order valence-electron chi connectivity index (χ3n) is 7.67. The number of hydrogen-bond donors (Lipinski definition) is 3. The second kappa shape index (κ2) is 10.1. The maximum Gasteiger partial charge on any atom is 0.267 e. The summed E-state index contributed by atoms with van der Waals surface area (Å²) in [5, 5.41) is 12.1. The van der Waals surface area contributed by atoms with Crippen molar-refractivity contribution >= 4 is 42.6 Å². The fraction of sp³-hybridized carbons (Fsp3) is 0.652. The van der Waals surface area contributed by atoms with E-state index in [1.54, 1.807) is 17.8 Å². The van der Waals surface area contributed by atoms with Crippen LogP contribution >= 0.6 is 24.8 Å². The van der Waals surface area contributed by atoms with Crippen molar-refractivity contribution in [2.75, 3.05) is 25.0 Å². The summed E-state index contributed by atoms with van der Waals surface area (Å²) in [5.41, 5.74) is 3.03. The van der Waals surface area contributed by atoms with Crippen molar-refractivity contribution in [3.63, 3.8) is 0 Å². The fourth-order valence-electron chi connectivity index (χ4n) is 7.06. The molecule has 1 aliphatic heterocycles. The molecule has 8 heteroatoms. The van der Waals surface area contributed by atoms with Crippen molar-refractivity contribution < 1.29 is 10.0 Å². The zero-order chi connectivity index (χ0) is 19.8. The molecule has 0 radical (unpaired) electrons. The molecule has 1 saturated heterocycles. The van der Waals surface area contributed by atoms with Gasteiger partial charge in [0.2, 0.25) is 0 Å². The van der Waals surface area contributed by atoms with Crippen LogP contribution in [0.5, 0.6) is 0 Å². The summed E-state index contributed by atoms with van der Waals surface area (Å²) in [7, 11) is 0. The average Bonchev–Trinajstić information content (AvgIpc) is 3.12. The number of rotatable bonds is 6. The number of nitrogens with one attached hydrogen (secondary N) is 2. The lowest BCUT2D eigenvalue weighted by atomic mass is 9.49. The summed E-state index contributed by atoms with van der Waals surface area (Å²) in [6.07, 6.45) is 14.8. The van der Waals surface area contributed by atoms with E-state index in [-0.39, 0.29) is 24.8 Å². The van der Waals surface area contributed by atoms with Gasteiger partial charge in [-0.25, -0.2) is 10.5 Å². The Labute approximate surface area is 197 Å². The number of carbonyl (C=O) groups excluding carboxylic acids is 1. The first-order valence-electron chi connectivity index (χ1n) is 11.2. The molecule has 5 fully saturated rings. The quantitative estimate of drug-likeness (QED) is 0.332. The Morgan fingerprint density at radius 2 is 1.84 bits per heavy atom. The van der Waals surface area contributed by atoms with Crippen LogP contribution in [0, 0.1) is 23.2 Å². The van der Waals surface area contributed by atoms with Gasteiger partial charge >= 0.3 is 0 Å². The van der Waals surface area contributed by atoms with Crippen LogP contribution in [-0.4, -0.2) is 46.7 Å². The number of amides is 1. The summed E-state index contributed by atoms with van der Waals surface area (Å²) in [4.78, 5) is 18.2. The SMILES string of the molecule is Cl.Cl.O=C(/C=C/c1ccc(N[C@@H]2CCN(CC34CC5CC(CC(C5)C3)C4)C2)nc1)NO. The number of halogens is 2. The van der Waals surface area contributed by atoms with E-state index in [4.69, 9.17) is 5.21 Å². The van der Waals surface area contributed by atoms with Crippen LogP contribution in [0.4, 0.5) is 5.82 Å². The van der Waals surface area contributed by atoms with Gasteiger partial charge in [0.15, 0.2) is 0 Å². The second-order valence-electron chi connectivity index (χ2n) is 10.1. The highest BCUT2D eigenvalue weighted by atomic mass is 35.5. The van der Waals surface area contributed by atoms with Gasteiger partial charge in [0.05, 0.1) is 0 Å². The molecule has 1 amide bonds. The molecule has 1 aromatic rings. The van der Waals surface area contributed by atoms with E-state index in [0.717, 1.165) is 35.7 Å². The molecule has 0 spiro atoms. The lowest BCUT2D eigenvalue weighted by Gasteiger charge is -2.57. The van der Waals surface area contributed by atoms with Crippen molar-refractivity contribution in [1.82, 2.24) is 15.4 Å². The molecule has 5 aliphatic rings. The first-order valence-corrected chi connectivity index (χ1v) is 11.2. The van der Waals surface area contributed by atoms with Gasteiger partial charge in [-0.05, 0) is 91.9 Å². The Kier molecular flexibility index (Phi) is 7.90. The first-order chi connectivity index (χ1) is 14.1. The minimum atomic E-state index is -0.544. The molecule has 6 nitrogen and oxygen atoms in total. The number of hydrogen-bond acceptors (Lipinski definition) is 5. The Hall–Kier alpha value is -1.34. The fourth-order valence-corrected chi connectivity index (χ4v) is 7.06. The predicted octanol–water partition coefficient (Wildman–Crippen LogP) is 4.15. The smallest absolute Gasteiger partial charge is 0.267 e. The lowest BCUT2D eigenvalue weighted by molar-refractivity contribution is -0.124. The van der Waals surface area contributed by atoms with Gasteiger partial charge in [-0.15, -0.1) is 24.8 Å². The minimum absolute atomic E-state index is 0. The lowest BCUT2D eigenvalue weighted by Crippen LogP contribution is -2.51. The van der Waals surface area contributed by atoms with Crippen LogP contribution in [0.3, 0.4) is 0 Å². The van der Waals surface area contributed by atoms with Gasteiger partial charge in [-0.2, -0.15) is 0 Å². The standard InChI is InChI=1S/C23H32N4O2.2ClH/c28-22(26-29)4-2-16-1-3-21(24-13-16)25-20-5-6-27(14-20)15-23-10-17-7-18(11-23)9-19(8-17)12-23;;/h1-4,13,17-20,29H,5-12,14-15H2,(H,24,25)(H,26,28);2*1H/b4-2+;;/t17?,18?,19?,20-,23?;;/m1../s1. The van der Waals surface area contributed by atoms with Gasteiger partial charge in [0, 0.05) is 37.9 Å². The molecular formula is C23H34Cl2N4O2. The highest BCUT2D eigenvalue weighted by Gasteiger charge is 2.51. The zero-order valence-electron chi connectivity index (χ0n) is 17.8. The summed E-state index contributed by atoms with van der Waals surface area (Å²) in [6, 6.07) is 4.34. The van der Waals surface area contributed by atoms with E-state index in [2.05, 4.69) is 15.2 Å². The Morgan fingerprint density at radius 3 is 2.42 bits per heavy atom. The molecule has 0 unspecified atom stereocenters. The first kappa shape index (κ1) is 24.3. The minimum Gasteiger partial charge on any atom is -0.366 e. The number of pyridine rings is 1. The van der Waals surface area contributed by atoms with E-state index in [9.17, 15) is 4.79 Å². The molecule has 4 saturated carbocycles. The van der Waals surface area contributed by atoms with Crippen LogP contribution in [0.1, 0.15) is 50.5 Å². The molecule has 0 aromatic carbocycles. The largest absolute Gasteiger partial charge is 0.366 e. The van der Waals surface area contributed by atoms with Crippen LogP contribution in [0.15, 0.2) is 24.4 Å². The van der Waals surface area contributed by atoms with Gasteiger partial charge in [-0.3, -0.25) is 10.0 Å². The van der Waals surface area contributed by atoms with Crippen molar-refractivity contribution in [3.05, 3.63) is 30.0 Å². The maximum atomic E-state index is 11.1. The molecule has 1 atom stereocenters. The Bertz CT molecular complexity index is 751. The molecule has 4 bridgehead atoms. The molecule has 172 valence electrons. The van der Waals surface area contributed by atoms with E-state index in [1.807, 2.05) is 12.1 Å².